The lowest BCUT2D eigenvalue weighted by atomic mass is 9.83. The molecule has 13 heteroatoms. The number of nitriles is 1. The molecule has 5 rings (SSSR count). The quantitative estimate of drug-likeness (QED) is 0.0650. The standard InChI is InChI=1S/C34H25F5N2O6/c1-3-43-25-12-19(8-11-23(25)44-15-18-6-4-17(2)5-7-18)27-21-10-9-20(13-24(21)47-34(41)22(27)14-40)46-26(42)16-45-33-31(38)29(36)28(35)30(37)32(33)39/h4-13,27H,3,15-16,41H2,1-2H3. The Morgan fingerprint density at radius 1 is 0.872 bits per heavy atom. The topological polar surface area (TPSA) is 113 Å². The molecule has 242 valence electrons. The predicted octanol–water partition coefficient (Wildman–Crippen LogP) is 6.87. The zero-order valence-electron chi connectivity index (χ0n) is 24.8. The lowest BCUT2D eigenvalue weighted by Gasteiger charge is -2.27. The largest absolute Gasteiger partial charge is 0.490 e. The molecule has 1 aliphatic heterocycles. The summed E-state index contributed by atoms with van der Waals surface area (Å²) >= 11 is 0. The molecule has 8 nitrogen and oxygen atoms in total. The first-order valence-electron chi connectivity index (χ1n) is 14.0. The fourth-order valence-corrected chi connectivity index (χ4v) is 4.78. The first kappa shape index (κ1) is 32.6. The Morgan fingerprint density at radius 3 is 2.21 bits per heavy atom. The van der Waals surface area contributed by atoms with Gasteiger partial charge in [0.15, 0.2) is 23.9 Å². The second-order valence-corrected chi connectivity index (χ2v) is 10.2. The van der Waals surface area contributed by atoms with Gasteiger partial charge < -0.3 is 29.4 Å². The fourth-order valence-electron chi connectivity index (χ4n) is 4.78. The zero-order chi connectivity index (χ0) is 33.8. The molecule has 1 aliphatic rings. The second kappa shape index (κ2) is 13.7. The van der Waals surface area contributed by atoms with Crippen molar-refractivity contribution in [2.75, 3.05) is 13.2 Å². The van der Waals surface area contributed by atoms with Gasteiger partial charge in [-0.15, -0.1) is 0 Å². The number of carbonyl (C=O) groups excluding carboxylic acids is 1. The number of halogens is 5. The van der Waals surface area contributed by atoms with E-state index in [4.69, 9.17) is 24.7 Å². The van der Waals surface area contributed by atoms with Gasteiger partial charge in [-0.25, -0.2) is 18.0 Å². The average molecular weight is 653 g/mol. The minimum atomic E-state index is -2.37. The van der Waals surface area contributed by atoms with E-state index in [0.29, 0.717) is 35.8 Å². The van der Waals surface area contributed by atoms with Crippen LogP contribution in [0.25, 0.3) is 0 Å². The summed E-state index contributed by atoms with van der Waals surface area (Å²) in [6.45, 7) is 3.24. The number of hydrogen-bond donors (Lipinski definition) is 1. The number of aryl methyl sites for hydroxylation is 1. The highest BCUT2D eigenvalue weighted by Crippen LogP contribution is 2.45. The van der Waals surface area contributed by atoms with Crippen LogP contribution < -0.4 is 29.4 Å². The van der Waals surface area contributed by atoms with Crippen molar-refractivity contribution in [2.45, 2.75) is 26.4 Å². The fraction of sp³-hybridized carbons (Fsp3) is 0.176. The molecule has 0 radical (unpaired) electrons. The SMILES string of the molecule is CCOc1cc(C2C(C#N)=C(N)Oc3cc(OC(=O)COc4c(F)c(F)c(F)c(F)c4F)ccc32)ccc1OCc1ccc(C)cc1. The Bertz CT molecular complexity index is 1900. The van der Waals surface area contributed by atoms with E-state index in [1.807, 2.05) is 38.1 Å². The monoisotopic (exact) mass is 652 g/mol. The molecule has 0 aliphatic carbocycles. The first-order chi connectivity index (χ1) is 22.5. The number of nitrogens with two attached hydrogens (primary N) is 1. The van der Waals surface area contributed by atoms with E-state index in [2.05, 4.69) is 10.8 Å². The summed E-state index contributed by atoms with van der Waals surface area (Å²) < 4.78 is 95.1. The maximum atomic E-state index is 13.9. The van der Waals surface area contributed by atoms with Gasteiger partial charge in [-0.05, 0) is 43.2 Å². The lowest BCUT2D eigenvalue weighted by Crippen LogP contribution is -2.22. The second-order valence-electron chi connectivity index (χ2n) is 10.2. The highest BCUT2D eigenvalue weighted by Gasteiger charge is 2.32. The molecule has 0 spiro atoms. The van der Waals surface area contributed by atoms with Crippen molar-refractivity contribution in [1.29, 1.82) is 5.26 Å². The molecule has 47 heavy (non-hydrogen) atoms. The number of carbonyl (C=O) groups is 1. The molecule has 0 amide bonds. The maximum absolute atomic E-state index is 13.9. The summed E-state index contributed by atoms with van der Waals surface area (Å²) in [7, 11) is 0. The van der Waals surface area contributed by atoms with E-state index in [1.54, 1.807) is 18.2 Å². The summed E-state index contributed by atoms with van der Waals surface area (Å²) in [6, 6.07) is 19.3. The Balaban J connectivity index is 1.37. The van der Waals surface area contributed by atoms with Crippen molar-refractivity contribution in [3.05, 3.63) is 123 Å². The first-order valence-corrected chi connectivity index (χ1v) is 14.0. The number of esters is 1. The van der Waals surface area contributed by atoms with Crippen LogP contribution in [0.3, 0.4) is 0 Å². The highest BCUT2D eigenvalue weighted by atomic mass is 19.2. The molecule has 1 heterocycles. The molecule has 0 fully saturated rings. The van der Waals surface area contributed by atoms with Crippen LogP contribution in [-0.2, 0) is 11.4 Å². The summed E-state index contributed by atoms with van der Waals surface area (Å²) in [4.78, 5) is 12.4. The van der Waals surface area contributed by atoms with E-state index < -0.39 is 53.3 Å². The van der Waals surface area contributed by atoms with Crippen molar-refractivity contribution in [1.82, 2.24) is 0 Å². The summed E-state index contributed by atoms with van der Waals surface area (Å²) in [5.74, 6) is -14.2. The van der Waals surface area contributed by atoms with E-state index in [1.165, 1.54) is 18.2 Å². The van der Waals surface area contributed by atoms with Crippen LogP contribution in [0.1, 0.15) is 35.1 Å². The lowest BCUT2D eigenvalue weighted by molar-refractivity contribution is -0.136. The van der Waals surface area contributed by atoms with Gasteiger partial charge in [0.05, 0.1) is 12.5 Å². The van der Waals surface area contributed by atoms with Crippen LogP contribution in [0.15, 0.2) is 72.1 Å². The molecule has 1 unspecified atom stereocenters. The summed E-state index contributed by atoms with van der Waals surface area (Å²) in [6.07, 6.45) is 0. The summed E-state index contributed by atoms with van der Waals surface area (Å²) in [5, 5.41) is 9.96. The Hall–Kier alpha value is -5.77. The van der Waals surface area contributed by atoms with E-state index in [-0.39, 0.29) is 23.0 Å². The Labute approximate surface area is 265 Å². The number of ether oxygens (including phenoxy) is 5. The van der Waals surface area contributed by atoms with Gasteiger partial charge in [-0.3, -0.25) is 0 Å². The Morgan fingerprint density at radius 2 is 1.55 bits per heavy atom. The minimum absolute atomic E-state index is 0.106. The van der Waals surface area contributed by atoms with Gasteiger partial charge >= 0.3 is 5.97 Å². The number of nitrogens with zero attached hydrogens (tertiary/aromatic N) is 1. The van der Waals surface area contributed by atoms with Crippen molar-refractivity contribution in [3.8, 4) is 34.8 Å². The van der Waals surface area contributed by atoms with Crippen LogP contribution >= 0.6 is 0 Å². The van der Waals surface area contributed by atoms with Gasteiger partial charge in [0.1, 0.15) is 29.7 Å². The van der Waals surface area contributed by atoms with Crippen molar-refractivity contribution >= 4 is 5.97 Å². The van der Waals surface area contributed by atoms with Crippen molar-refractivity contribution < 1.29 is 50.4 Å². The van der Waals surface area contributed by atoms with Crippen LogP contribution in [0.5, 0.6) is 28.7 Å². The number of allylic oxidation sites excluding steroid dienone is 1. The van der Waals surface area contributed by atoms with Gasteiger partial charge in [0.2, 0.25) is 35.0 Å². The van der Waals surface area contributed by atoms with Crippen LogP contribution in [0.2, 0.25) is 0 Å². The highest BCUT2D eigenvalue weighted by molar-refractivity contribution is 5.74. The number of hydrogen-bond acceptors (Lipinski definition) is 8. The number of benzene rings is 4. The van der Waals surface area contributed by atoms with Crippen LogP contribution in [-0.4, -0.2) is 19.2 Å². The maximum Gasteiger partial charge on any atom is 0.349 e. The molecule has 2 N–H and O–H groups in total. The van der Waals surface area contributed by atoms with E-state index in [9.17, 15) is 32.0 Å². The molecule has 0 saturated carbocycles. The van der Waals surface area contributed by atoms with Crippen molar-refractivity contribution in [2.24, 2.45) is 5.73 Å². The summed E-state index contributed by atoms with van der Waals surface area (Å²) in [5.41, 5.74) is 9.38. The number of fused-ring (bicyclic) bond motifs is 1. The third-order valence-corrected chi connectivity index (χ3v) is 7.04. The van der Waals surface area contributed by atoms with Gasteiger partial charge in [-0.2, -0.15) is 14.0 Å². The molecular formula is C34H25F5N2O6. The minimum Gasteiger partial charge on any atom is -0.490 e. The smallest absolute Gasteiger partial charge is 0.349 e. The molecule has 0 saturated heterocycles. The zero-order valence-corrected chi connectivity index (χ0v) is 24.8. The molecule has 0 bridgehead atoms. The van der Waals surface area contributed by atoms with E-state index >= 15 is 0 Å². The third-order valence-electron chi connectivity index (χ3n) is 7.04. The van der Waals surface area contributed by atoms with Crippen molar-refractivity contribution in [3.63, 3.8) is 0 Å². The predicted molar refractivity (Wildman–Crippen MR) is 156 cm³/mol. The molecule has 1 atom stereocenters. The van der Waals surface area contributed by atoms with Gasteiger partial charge in [0.25, 0.3) is 0 Å². The van der Waals surface area contributed by atoms with Gasteiger partial charge in [-0.1, -0.05) is 42.0 Å². The average Bonchev–Trinajstić information content (AvgIpc) is 3.06. The molecular weight excluding hydrogens is 627 g/mol. The Kier molecular flexibility index (Phi) is 9.51. The van der Waals surface area contributed by atoms with E-state index in [0.717, 1.165) is 11.1 Å². The van der Waals surface area contributed by atoms with Crippen LogP contribution in [0, 0.1) is 47.3 Å². The molecule has 4 aromatic rings. The third kappa shape index (κ3) is 6.76. The number of rotatable bonds is 10. The molecule has 0 aromatic heterocycles. The normalized spacial score (nSPS) is 13.7. The molecule has 4 aromatic carbocycles. The van der Waals surface area contributed by atoms with Gasteiger partial charge in [0, 0.05) is 11.6 Å². The van der Waals surface area contributed by atoms with Crippen LogP contribution in [0.4, 0.5) is 22.0 Å².